The lowest BCUT2D eigenvalue weighted by molar-refractivity contribution is 0.0300. The third-order valence-corrected chi connectivity index (χ3v) is 6.82. The normalized spacial score (nSPS) is 24.1. The van der Waals surface area contributed by atoms with E-state index in [4.69, 9.17) is 4.74 Å². The summed E-state index contributed by atoms with van der Waals surface area (Å²) in [6, 6.07) is 4.99. The lowest BCUT2D eigenvalue weighted by Gasteiger charge is -2.34. The zero-order valence-corrected chi connectivity index (χ0v) is 19.2. The van der Waals surface area contributed by atoms with Gasteiger partial charge in [0, 0.05) is 32.5 Å². The summed E-state index contributed by atoms with van der Waals surface area (Å²) in [6.45, 7) is 0. The zero-order valence-electron chi connectivity index (χ0n) is 19.2. The van der Waals surface area contributed by atoms with Gasteiger partial charge in [0.1, 0.15) is 22.9 Å². The first-order valence-electron chi connectivity index (χ1n) is 11.5. The fourth-order valence-electron chi connectivity index (χ4n) is 4.71. The van der Waals surface area contributed by atoms with Crippen LogP contribution >= 0.6 is 0 Å². The maximum absolute atomic E-state index is 13.0. The second-order valence-electron chi connectivity index (χ2n) is 8.88. The molecule has 0 spiro atoms. The van der Waals surface area contributed by atoms with E-state index in [1.165, 1.54) is 6.20 Å². The molecule has 0 saturated heterocycles. The number of methoxy groups -OCH3 is 1. The molecule has 2 fully saturated rings. The smallest absolute Gasteiger partial charge is 0.274 e. The molecule has 5 rings (SSSR count). The van der Waals surface area contributed by atoms with Gasteiger partial charge < -0.3 is 30.4 Å². The highest BCUT2D eigenvalue weighted by Gasteiger charge is 2.31. The number of aromatic nitrogens is 4. The van der Waals surface area contributed by atoms with E-state index in [1.54, 1.807) is 47.6 Å². The van der Waals surface area contributed by atoms with Crippen LogP contribution in [0.4, 0.5) is 17.3 Å². The zero-order chi connectivity index (χ0) is 23.8. The Morgan fingerprint density at radius 1 is 1.26 bits per heavy atom. The molecule has 1 amide bonds. The average molecular weight is 468 g/mol. The number of nitrogens with zero attached hydrogens (tertiary/aromatic N) is 4. The van der Waals surface area contributed by atoms with Crippen molar-refractivity contribution >= 4 is 28.9 Å². The summed E-state index contributed by atoms with van der Waals surface area (Å²) in [5.41, 5.74) is 0.824. The quantitative estimate of drug-likeness (QED) is 0.412. The van der Waals surface area contributed by atoms with Crippen molar-refractivity contribution < 1.29 is 14.6 Å². The number of fused-ring (bicyclic) bond motifs is 1. The van der Waals surface area contributed by atoms with Gasteiger partial charge in [0.15, 0.2) is 5.65 Å². The van der Waals surface area contributed by atoms with E-state index < -0.39 is 6.10 Å². The molecule has 2 aliphatic carbocycles. The topological polar surface area (TPSA) is 135 Å². The molecular weight excluding hydrogens is 438 g/mol. The average Bonchev–Trinajstić information content (AvgIpc) is 3.47. The summed E-state index contributed by atoms with van der Waals surface area (Å²) < 4.78 is 8.51. The van der Waals surface area contributed by atoms with E-state index in [2.05, 4.69) is 26.0 Å². The van der Waals surface area contributed by atoms with Crippen LogP contribution < -0.4 is 21.5 Å². The standard InChI is InChI=1S/C23H29N7O4/c1-24-20-11-19(27-16-4-3-9-29(23(16)33)17-7-8-18(17)31)28-21-15(12-25-30(20)21)22(32)26-13-5-6-14(10-13)34-2/h3-4,9,11-14,17-18,24,31H,5-8,10H2,1-2H3,(H,26,32)(H,27,28)/t13?,14-,17+,18-/m1/s1. The minimum absolute atomic E-state index is 0.0436. The molecule has 1 unspecified atom stereocenters. The summed E-state index contributed by atoms with van der Waals surface area (Å²) in [6.07, 6.45) is 6.85. The van der Waals surface area contributed by atoms with Gasteiger partial charge in [-0.1, -0.05) is 0 Å². The molecule has 11 heteroatoms. The second-order valence-corrected chi connectivity index (χ2v) is 8.88. The molecule has 3 heterocycles. The predicted molar refractivity (Wildman–Crippen MR) is 127 cm³/mol. The van der Waals surface area contributed by atoms with Gasteiger partial charge in [0.25, 0.3) is 11.5 Å². The van der Waals surface area contributed by atoms with Crippen molar-refractivity contribution in [2.24, 2.45) is 0 Å². The molecule has 180 valence electrons. The summed E-state index contributed by atoms with van der Waals surface area (Å²) >= 11 is 0. The Morgan fingerprint density at radius 3 is 2.79 bits per heavy atom. The summed E-state index contributed by atoms with van der Waals surface area (Å²) in [5.74, 6) is 0.762. The van der Waals surface area contributed by atoms with Crippen molar-refractivity contribution in [1.29, 1.82) is 0 Å². The number of pyridine rings is 1. The van der Waals surface area contributed by atoms with Gasteiger partial charge in [0.2, 0.25) is 0 Å². The van der Waals surface area contributed by atoms with Gasteiger partial charge in [0.05, 0.1) is 24.4 Å². The van der Waals surface area contributed by atoms with Gasteiger partial charge in [-0.2, -0.15) is 9.61 Å². The van der Waals surface area contributed by atoms with Crippen LogP contribution in [-0.4, -0.2) is 62.6 Å². The molecule has 0 aromatic carbocycles. The van der Waals surface area contributed by atoms with E-state index in [-0.39, 0.29) is 29.7 Å². The Hall–Kier alpha value is -3.44. The first-order chi connectivity index (χ1) is 16.5. The molecule has 34 heavy (non-hydrogen) atoms. The molecule has 0 bridgehead atoms. The molecule has 11 nitrogen and oxygen atoms in total. The second kappa shape index (κ2) is 9.07. The van der Waals surface area contributed by atoms with Gasteiger partial charge in [-0.15, -0.1) is 0 Å². The highest BCUT2D eigenvalue weighted by atomic mass is 16.5. The van der Waals surface area contributed by atoms with Crippen LogP contribution in [0.25, 0.3) is 5.65 Å². The van der Waals surface area contributed by atoms with E-state index in [1.807, 2.05) is 0 Å². The molecular formula is C23H29N7O4. The Balaban J connectivity index is 1.43. The van der Waals surface area contributed by atoms with E-state index in [0.717, 1.165) is 25.7 Å². The minimum Gasteiger partial charge on any atom is -0.391 e. The van der Waals surface area contributed by atoms with E-state index in [9.17, 15) is 14.7 Å². The number of hydrogen-bond donors (Lipinski definition) is 4. The first-order valence-corrected chi connectivity index (χ1v) is 11.5. The van der Waals surface area contributed by atoms with Gasteiger partial charge in [-0.05, 0) is 44.2 Å². The molecule has 2 saturated carbocycles. The largest absolute Gasteiger partial charge is 0.391 e. The third kappa shape index (κ3) is 4.01. The number of amides is 1. The SMILES string of the molecule is CNc1cc(Nc2cccn([C@H]3CC[C@H]3O)c2=O)nc2c(C(=O)NC3CC[C@@H](OC)C3)cnn12. The lowest BCUT2D eigenvalue weighted by atomic mass is 9.89. The van der Waals surface area contributed by atoms with Crippen LogP contribution in [0.2, 0.25) is 0 Å². The van der Waals surface area contributed by atoms with Gasteiger partial charge in [-0.25, -0.2) is 4.98 Å². The molecule has 3 aromatic heterocycles. The van der Waals surface area contributed by atoms with Crippen LogP contribution in [0.5, 0.6) is 0 Å². The number of hydrogen-bond acceptors (Lipinski definition) is 8. The number of nitrogens with one attached hydrogen (secondary N) is 3. The Labute approximate surface area is 196 Å². The number of rotatable bonds is 7. The summed E-state index contributed by atoms with van der Waals surface area (Å²) in [5, 5.41) is 23.5. The van der Waals surface area contributed by atoms with Crippen LogP contribution in [0, 0.1) is 0 Å². The lowest BCUT2D eigenvalue weighted by Crippen LogP contribution is -2.39. The molecule has 0 radical (unpaired) electrons. The number of ether oxygens (including phenoxy) is 1. The Kier molecular flexibility index (Phi) is 5.96. The molecule has 4 N–H and O–H groups in total. The number of carbonyl (C=O) groups excluding carboxylic acids is 1. The number of carbonyl (C=O) groups is 1. The van der Waals surface area contributed by atoms with Gasteiger partial charge in [-0.3, -0.25) is 9.59 Å². The number of anilines is 3. The van der Waals surface area contributed by atoms with Crippen molar-refractivity contribution in [1.82, 2.24) is 24.5 Å². The highest BCUT2D eigenvalue weighted by Crippen LogP contribution is 2.31. The van der Waals surface area contributed by atoms with Crippen molar-refractivity contribution in [3.63, 3.8) is 0 Å². The molecule has 2 aliphatic rings. The van der Waals surface area contributed by atoms with Gasteiger partial charge >= 0.3 is 0 Å². The number of aliphatic hydroxyl groups excluding tert-OH is 1. The van der Waals surface area contributed by atoms with Crippen LogP contribution in [0.1, 0.15) is 48.5 Å². The summed E-state index contributed by atoms with van der Waals surface area (Å²) in [4.78, 5) is 30.6. The van der Waals surface area contributed by atoms with E-state index in [0.29, 0.717) is 35.0 Å². The Morgan fingerprint density at radius 2 is 2.12 bits per heavy atom. The fraction of sp³-hybridized carbons (Fsp3) is 0.478. The highest BCUT2D eigenvalue weighted by molar-refractivity contribution is 6.00. The molecule has 0 aliphatic heterocycles. The maximum atomic E-state index is 13.0. The van der Waals surface area contributed by atoms with Crippen molar-refractivity contribution in [2.45, 2.75) is 56.4 Å². The van der Waals surface area contributed by atoms with Crippen molar-refractivity contribution in [2.75, 3.05) is 24.8 Å². The minimum atomic E-state index is -0.509. The molecule has 3 aromatic rings. The van der Waals surface area contributed by atoms with Crippen molar-refractivity contribution in [3.05, 3.63) is 46.5 Å². The van der Waals surface area contributed by atoms with Crippen molar-refractivity contribution in [3.8, 4) is 0 Å². The van der Waals surface area contributed by atoms with Crippen LogP contribution in [-0.2, 0) is 4.74 Å². The fourth-order valence-corrected chi connectivity index (χ4v) is 4.71. The van der Waals surface area contributed by atoms with Crippen LogP contribution in [0.3, 0.4) is 0 Å². The predicted octanol–water partition coefficient (Wildman–Crippen LogP) is 1.67. The van der Waals surface area contributed by atoms with E-state index >= 15 is 0 Å². The third-order valence-electron chi connectivity index (χ3n) is 6.82. The first kappa shape index (κ1) is 22.4. The van der Waals surface area contributed by atoms with Crippen LogP contribution in [0.15, 0.2) is 35.4 Å². The summed E-state index contributed by atoms with van der Waals surface area (Å²) in [7, 11) is 3.44. The monoisotopic (exact) mass is 467 g/mol. The maximum Gasteiger partial charge on any atom is 0.274 e. The molecule has 4 atom stereocenters. The Bertz CT molecular complexity index is 1270. The number of aliphatic hydroxyl groups is 1.